The van der Waals surface area contributed by atoms with Crippen LogP contribution in [0.3, 0.4) is 0 Å². The normalized spacial score (nSPS) is 11.2. The minimum Gasteiger partial charge on any atom is -0.471 e. The highest BCUT2D eigenvalue weighted by molar-refractivity contribution is 7.21. The molecule has 4 rings (SSSR count). The third-order valence-electron chi connectivity index (χ3n) is 4.62. The number of nitrogens with zero attached hydrogens (tertiary/aromatic N) is 3. The highest BCUT2D eigenvalue weighted by atomic mass is 32.1. The molecule has 0 spiro atoms. The molecule has 0 saturated carbocycles. The summed E-state index contributed by atoms with van der Waals surface area (Å²) in [4.78, 5) is 28.8. The topological polar surface area (TPSA) is 112 Å². The van der Waals surface area contributed by atoms with E-state index in [9.17, 15) is 22.8 Å². The summed E-state index contributed by atoms with van der Waals surface area (Å²) < 4.78 is 46.0. The molecule has 0 fully saturated rings. The first-order chi connectivity index (χ1) is 15.7. The van der Waals surface area contributed by atoms with Gasteiger partial charge >= 0.3 is 0 Å². The molecule has 3 heterocycles. The fraction of sp³-hybridized carbons (Fsp3) is 0.143. The molecule has 0 aliphatic rings. The molecule has 33 heavy (non-hydrogen) atoms. The number of anilines is 1. The number of carbonyl (C=O) groups is 2. The van der Waals surface area contributed by atoms with Gasteiger partial charge in [0.15, 0.2) is 12.4 Å². The van der Waals surface area contributed by atoms with Crippen molar-refractivity contribution in [2.24, 2.45) is 5.73 Å². The Morgan fingerprint density at radius 3 is 2.64 bits per heavy atom. The molecular weight excluding hydrogens is 459 g/mol. The van der Waals surface area contributed by atoms with Gasteiger partial charge in [-0.1, -0.05) is 0 Å². The van der Waals surface area contributed by atoms with Crippen molar-refractivity contribution in [3.8, 4) is 5.75 Å². The van der Waals surface area contributed by atoms with E-state index < -0.39 is 29.8 Å². The van der Waals surface area contributed by atoms with Crippen LogP contribution in [0.15, 0.2) is 42.6 Å². The average molecular weight is 475 g/mol. The first-order valence-electron chi connectivity index (χ1n) is 9.48. The molecule has 3 N–H and O–H groups in total. The maximum absolute atomic E-state index is 13.1. The predicted octanol–water partition coefficient (Wildman–Crippen LogP) is 4.27. The highest BCUT2D eigenvalue weighted by Crippen LogP contribution is 2.38. The number of hydrogen-bond donors (Lipinski definition) is 2. The lowest BCUT2D eigenvalue weighted by molar-refractivity contribution is 0.100. The van der Waals surface area contributed by atoms with Crippen LogP contribution < -0.4 is 15.8 Å². The van der Waals surface area contributed by atoms with Crippen molar-refractivity contribution in [1.29, 1.82) is 0 Å². The molecule has 0 saturated heterocycles. The molecule has 12 heteroatoms. The van der Waals surface area contributed by atoms with Gasteiger partial charge in [0.05, 0.1) is 5.69 Å². The number of pyridine rings is 1. The molecule has 0 aliphatic carbocycles. The Morgan fingerprint density at radius 1 is 1.24 bits per heavy atom. The number of thiophene rings is 1. The van der Waals surface area contributed by atoms with Crippen LogP contribution in [0.4, 0.5) is 18.9 Å². The monoisotopic (exact) mass is 475 g/mol. The van der Waals surface area contributed by atoms with E-state index in [0.717, 1.165) is 11.3 Å². The van der Waals surface area contributed by atoms with Crippen molar-refractivity contribution in [1.82, 2.24) is 14.8 Å². The summed E-state index contributed by atoms with van der Waals surface area (Å²) in [5.74, 6) is -1.45. The summed E-state index contributed by atoms with van der Waals surface area (Å²) in [5, 5.41) is 7.07. The van der Waals surface area contributed by atoms with Crippen LogP contribution in [-0.4, -0.2) is 26.6 Å². The van der Waals surface area contributed by atoms with Crippen molar-refractivity contribution in [2.45, 2.75) is 20.1 Å². The van der Waals surface area contributed by atoms with E-state index in [0.29, 0.717) is 16.7 Å². The van der Waals surface area contributed by atoms with Crippen molar-refractivity contribution >= 4 is 39.1 Å². The second kappa shape index (κ2) is 8.90. The van der Waals surface area contributed by atoms with Gasteiger partial charge in [0.25, 0.3) is 18.2 Å². The summed E-state index contributed by atoms with van der Waals surface area (Å²) in [7, 11) is 0. The number of fused-ring (bicyclic) bond motifs is 1. The Labute approximate surface area is 188 Å². The largest absolute Gasteiger partial charge is 0.471 e. The van der Waals surface area contributed by atoms with Gasteiger partial charge < -0.3 is 15.8 Å². The smallest absolute Gasteiger partial charge is 0.280 e. The Kier molecular flexibility index (Phi) is 6.01. The second-order valence-electron chi connectivity index (χ2n) is 6.94. The molecule has 8 nitrogen and oxygen atoms in total. The van der Waals surface area contributed by atoms with Crippen molar-refractivity contribution in [2.75, 3.05) is 5.32 Å². The third kappa shape index (κ3) is 4.65. The lowest BCUT2D eigenvalue weighted by atomic mass is 10.1. The number of rotatable bonds is 7. The van der Waals surface area contributed by atoms with Gasteiger partial charge in [-0.15, -0.1) is 11.3 Å². The molecule has 0 radical (unpaired) electrons. The second-order valence-corrected chi connectivity index (χ2v) is 7.94. The Morgan fingerprint density at radius 2 is 1.97 bits per heavy atom. The summed E-state index contributed by atoms with van der Waals surface area (Å²) in [6.45, 7) is 1.54. The fourth-order valence-electron chi connectivity index (χ4n) is 3.12. The number of ether oxygens (including phenoxy) is 1. The van der Waals surface area contributed by atoms with Gasteiger partial charge in [0.1, 0.15) is 27.0 Å². The summed E-state index contributed by atoms with van der Waals surface area (Å²) in [6.07, 6.45) is -1.28. The van der Waals surface area contributed by atoms with Crippen LogP contribution in [0.2, 0.25) is 0 Å². The van der Waals surface area contributed by atoms with Crippen LogP contribution in [-0.2, 0) is 6.73 Å². The molecule has 3 aromatic heterocycles. The zero-order chi connectivity index (χ0) is 23.7. The number of primary amides is 1. The molecule has 0 atom stereocenters. The molecule has 0 bridgehead atoms. The average Bonchev–Trinajstić information content (AvgIpc) is 3.38. The maximum Gasteiger partial charge on any atom is 0.280 e. The van der Waals surface area contributed by atoms with Crippen molar-refractivity contribution < 1.29 is 27.5 Å². The van der Waals surface area contributed by atoms with E-state index in [1.807, 2.05) is 0 Å². The van der Waals surface area contributed by atoms with Crippen LogP contribution >= 0.6 is 11.3 Å². The summed E-state index contributed by atoms with van der Waals surface area (Å²) in [6, 6.07) is 8.04. The number of halogens is 3. The Balaban J connectivity index is 1.57. The maximum atomic E-state index is 13.1. The number of aryl methyl sites for hydroxylation is 1. The van der Waals surface area contributed by atoms with Gasteiger partial charge in [0.2, 0.25) is 0 Å². The molecule has 2 amide bonds. The van der Waals surface area contributed by atoms with E-state index >= 15 is 0 Å². The number of amides is 2. The van der Waals surface area contributed by atoms with Gasteiger partial charge in [-0.2, -0.15) is 5.10 Å². The molecule has 0 aliphatic heterocycles. The first kappa shape index (κ1) is 22.3. The van der Waals surface area contributed by atoms with Crippen LogP contribution in [0.1, 0.15) is 37.8 Å². The van der Waals surface area contributed by atoms with Crippen molar-refractivity contribution in [3.05, 3.63) is 70.2 Å². The van der Waals surface area contributed by atoms with E-state index in [2.05, 4.69) is 15.4 Å². The minimum absolute atomic E-state index is 0.0144. The predicted molar refractivity (Wildman–Crippen MR) is 115 cm³/mol. The molecule has 1 aromatic carbocycles. The van der Waals surface area contributed by atoms with Gasteiger partial charge in [-0.25, -0.2) is 22.8 Å². The van der Waals surface area contributed by atoms with Gasteiger partial charge in [-0.3, -0.25) is 9.59 Å². The molecule has 170 valence electrons. The van der Waals surface area contributed by atoms with E-state index in [1.165, 1.54) is 47.3 Å². The van der Waals surface area contributed by atoms with Crippen LogP contribution in [0.25, 0.3) is 10.2 Å². The highest BCUT2D eigenvalue weighted by Gasteiger charge is 2.24. The number of carbonyl (C=O) groups excluding carboxylic acids is 2. The molecule has 0 unspecified atom stereocenters. The zero-order valence-electron chi connectivity index (χ0n) is 17.0. The third-order valence-corrected chi connectivity index (χ3v) is 5.71. The van der Waals surface area contributed by atoms with E-state index in [4.69, 9.17) is 10.5 Å². The summed E-state index contributed by atoms with van der Waals surface area (Å²) in [5.41, 5.74) is 5.52. The zero-order valence-corrected chi connectivity index (χ0v) is 17.8. The summed E-state index contributed by atoms with van der Waals surface area (Å²) >= 11 is 0.821. The van der Waals surface area contributed by atoms with Gasteiger partial charge in [0, 0.05) is 11.6 Å². The number of nitrogens with two attached hydrogens (primary N) is 1. The fourth-order valence-corrected chi connectivity index (χ4v) is 4.18. The van der Waals surface area contributed by atoms with Gasteiger partial charge in [-0.05, 0) is 48.9 Å². The lowest BCUT2D eigenvalue weighted by Crippen LogP contribution is -2.17. The quantitative estimate of drug-likeness (QED) is 0.415. The Bertz CT molecular complexity index is 1350. The molecule has 4 aromatic rings. The SMILES string of the molecule is Cc1cc(C(F)F)nc2sc(C(N)=O)c(NC(=O)c3ccn(COc4ccc(F)cc4)n3)c12. The van der Waals surface area contributed by atoms with Crippen LogP contribution in [0.5, 0.6) is 5.75 Å². The number of benzene rings is 1. The van der Waals surface area contributed by atoms with Crippen LogP contribution in [0, 0.1) is 12.7 Å². The van der Waals surface area contributed by atoms with Crippen molar-refractivity contribution in [3.63, 3.8) is 0 Å². The number of nitrogens with one attached hydrogen (secondary N) is 1. The first-order valence-corrected chi connectivity index (χ1v) is 10.3. The number of alkyl halides is 2. The van der Waals surface area contributed by atoms with E-state index in [-0.39, 0.29) is 27.8 Å². The molecular formula is C21H16F3N5O3S. The Hall–Kier alpha value is -3.93. The minimum atomic E-state index is -2.79. The standard InChI is InChI=1S/C21H16F3N5O3S/c1-10-8-14(18(23)24)26-21-15(10)16(17(33-21)19(25)30)27-20(31)13-6-7-29(28-13)9-32-12-4-2-11(22)3-5-12/h2-8,18H,9H2,1H3,(H2,25,30)(H,27,31). The number of hydrogen-bond acceptors (Lipinski definition) is 6. The van der Waals surface area contributed by atoms with E-state index in [1.54, 1.807) is 6.92 Å². The number of aromatic nitrogens is 3. The lowest BCUT2D eigenvalue weighted by Gasteiger charge is -2.08.